The molecule has 1 aromatic rings. The van der Waals surface area contributed by atoms with Crippen molar-refractivity contribution >= 4 is 34.5 Å². The Labute approximate surface area is 133 Å². The summed E-state index contributed by atoms with van der Waals surface area (Å²) in [6.45, 7) is 5.04. The summed E-state index contributed by atoms with van der Waals surface area (Å²) in [7, 11) is 0. The molecule has 5 nitrogen and oxygen atoms in total. The van der Waals surface area contributed by atoms with Crippen LogP contribution in [-0.4, -0.2) is 30.2 Å². The number of hydrogen-bond acceptors (Lipinski definition) is 5. The van der Waals surface area contributed by atoms with Crippen molar-refractivity contribution in [2.75, 3.05) is 13.3 Å². The molecule has 0 radical (unpaired) electrons. The third-order valence-corrected chi connectivity index (χ3v) is 3.70. The second-order valence-electron chi connectivity index (χ2n) is 4.95. The van der Waals surface area contributed by atoms with E-state index in [1.807, 2.05) is 12.1 Å². The maximum atomic E-state index is 6.22. The van der Waals surface area contributed by atoms with Gasteiger partial charge in [-0.1, -0.05) is 11.6 Å². The molecule has 0 fully saturated rings. The van der Waals surface area contributed by atoms with Crippen LogP contribution in [0.2, 0.25) is 5.02 Å². The molecule has 1 aromatic carbocycles. The number of hydrogen-bond donors (Lipinski definition) is 1. The summed E-state index contributed by atoms with van der Waals surface area (Å²) in [5.74, 6) is 1.89. The lowest BCUT2D eigenvalue weighted by molar-refractivity contribution is 0.174. The highest BCUT2D eigenvalue weighted by Crippen LogP contribution is 2.42. The van der Waals surface area contributed by atoms with Crippen LogP contribution >= 0.6 is 28.6 Å². The van der Waals surface area contributed by atoms with Crippen LogP contribution in [0, 0.1) is 0 Å². The Kier molecular flexibility index (Phi) is 4.34. The first-order valence-corrected chi connectivity index (χ1v) is 6.63. The number of halogens is 2. The Morgan fingerprint density at radius 1 is 1.40 bits per heavy atom. The SMILES string of the molecule is Br.CC(C)N1C(N)=NCC1c1cc(Cl)c2c(c1)OCO2. The number of ether oxygens (including phenoxy) is 2. The smallest absolute Gasteiger partial charge is 0.231 e. The topological polar surface area (TPSA) is 60.1 Å². The number of guanidine groups is 1. The summed E-state index contributed by atoms with van der Waals surface area (Å²) in [5, 5.41) is 0.569. The van der Waals surface area contributed by atoms with Gasteiger partial charge in [0.2, 0.25) is 6.79 Å². The number of rotatable bonds is 2. The Hall–Kier alpha value is -1.14. The molecule has 0 saturated carbocycles. The number of nitrogens with zero attached hydrogens (tertiary/aromatic N) is 2. The van der Waals surface area contributed by atoms with E-state index in [9.17, 15) is 0 Å². The molecule has 3 rings (SSSR count). The summed E-state index contributed by atoms with van der Waals surface area (Å²) in [6.07, 6.45) is 0. The number of fused-ring (bicyclic) bond motifs is 1. The van der Waals surface area contributed by atoms with Crippen molar-refractivity contribution < 1.29 is 9.47 Å². The molecule has 2 aliphatic rings. The normalized spacial score (nSPS) is 20.1. The van der Waals surface area contributed by atoms with E-state index in [-0.39, 0.29) is 35.9 Å². The lowest BCUT2D eigenvalue weighted by atomic mass is 10.0. The van der Waals surface area contributed by atoms with Gasteiger partial charge in [-0.25, -0.2) is 0 Å². The van der Waals surface area contributed by atoms with Gasteiger partial charge >= 0.3 is 0 Å². The van der Waals surface area contributed by atoms with Crippen LogP contribution in [-0.2, 0) is 0 Å². The Balaban J connectivity index is 0.00000147. The minimum atomic E-state index is 0. The molecule has 2 heterocycles. The van der Waals surface area contributed by atoms with Gasteiger partial charge in [-0.15, -0.1) is 17.0 Å². The van der Waals surface area contributed by atoms with Crippen LogP contribution < -0.4 is 15.2 Å². The molecule has 20 heavy (non-hydrogen) atoms. The van der Waals surface area contributed by atoms with Gasteiger partial charge in [-0.05, 0) is 31.5 Å². The van der Waals surface area contributed by atoms with E-state index in [4.69, 9.17) is 26.8 Å². The monoisotopic (exact) mass is 361 g/mol. The van der Waals surface area contributed by atoms with Gasteiger partial charge in [0.05, 0.1) is 17.6 Å². The van der Waals surface area contributed by atoms with Crippen molar-refractivity contribution in [2.45, 2.75) is 25.9 Å². The maximum Gasteiger partial charge on any atom is 0.231 e. The summed E-state index contributed by atoms with van der Waals surface area (Å²) >= 11 is 6.22. The minimum Gasteiger partial charge on any atom is -0.454 e. The quantitative estimate of drug-likeness (QED) is 0.879. The summed E-state index contributed by atoms with van der Waals surface area (Å²) in [6, 6.07) is 4.25. The molecule has 0 aliphatic carbocycles. The number of benzene rings is 1. The second kappa shape index (κ2) is 5.69. The van der Waals surface area contributed by atoms with Crippen LogP contribution in [0.4, 0.5) is 0 Å². The lowest BCUT2D eigenvalue weighted by Crippen LogP contribution is -2.40. The summed E-state index contributed by atoms with van der Waals surface area (Å²) in [5.41, 5.74) is 6.99. The first-order chi connectivity index (χ1) is 9.08. The van der Waals surface area contributed by atoms with E-state index >= 15 is 0 Å². The molecule has 0 saturated heterocycles. The van der Waals surface area contributed by atoms with E-state index in [2.05, 4.69) is 23.7 Å². The Morgan fingerprint density at radius 3 is 2.85 bits per heavy atom. The third kappa shape index (κ3) is 2.42. The average Bonchev–Trinajstić information content (AvgIpc) is 2.94. The van der Waals surface area contributed by atoms with Gasteiger partial charge in [0.25, 0.3) is 0 Å². The van der Waals surface area contributed by atoms with Gasteiger partial charge < -0.3 is 20.1 Å². The van der Waals surface area contributed by atoms with Crippen LogP contribution in [0.5, 0.6) is 11.5 Å². The fraction of sp³-hybridized carbons (Fsp3) is 0.462. The Morgan fingerprint density at radius 2 is 2.15 bits per heavy atom. The van der Waals surface area contributed by atoms with Crippen molar-refractivity contribution in [1.29, 1.82) is 0 Å². The fourth-order valence-electron chi connectivity index (χ4n) is 2.58. The third-order valence-electron chi connectivity index (χ3n) is 3.42. The predicted molar refractivity (Wildman–Crippen MR) is 84.1 cm³/mol. The highest BCUT2D eigenvalue weighted by molar-refractivity contribution is 8.93. The highest BCUT2D eigenvalue weighted by atomic mass is 79.9. The van der Waals surface area contributed by atoms with Crippen LogP contribution in [0.15, 0.2) is 17.1 Å². The number of nitrogens with two attached hydrogens (primary N) is 1. The molecule has 0 aromatic heterocycles. The van der Waals surface area contributed by atoms with E-state index in [0.29, 0.717) is 29.0 Å². The van der Waals surface area contributed by atoms with E-state index in [1.165, 1.54) is 0 Å². The van der Waals surface area contributed by atoms with E-state index in [0.717, 1.165) is 5.56 Å². The molecule has 7 heteroatoms. The molecular weight excluding hydrogens is 346 g/mol. The fourth-order valence-corrected chi connectivity index (χ4v) is 2.85. The zero-order valence-electron chi connectivity index (χ0n) is 11.3. The van der Waals surface area contributed by atoms with Crippen molar-refractivity contribution in [3.05, 3.63) is 22.7 Å². The second-order valence-corrected chi connectivity index (χ2v) is 5.36. The molecule has 0 spiro atoms. The molecule has 0 bridgehead atoms. The first-order valence-electron chi connectivity index (χ1n) is 6.25. The van der Waals surface area contributed by atoms with Gasteiger partial charge in [-0.3, -0.25) is 4.99 Å². The predicted octanol–water partition coefficient (Wildman–Crippen LogP) is 2.73. The molecule has 110 valence electrons. The average molecular weight is 363 g/mol. The van der Waals surface area contributed by atoms with Gasteiger partial charge in [0, 0.05) is 6.04 Å². The molecular formula is C13H17BrClN3O2. The van der Waals surface area contributed by atoms with Gasteiger partial charge in [0.1, 0.15) is 0 Å². The van der Waals surface area contributed by atoms with Gasteiger partial charge in [0.15, 0.2) is 17.5 Å². The van der Waals surface area contributed by atoms with Crippen LogP contribution in [0.25, 0.3) is 0 Å². The zero-order chi connectivity index (χ0) is 13.6. The zero-order valence-corrected chi connectivity index (χ0v) is 13.8. The van der Waals surface area contributed by atoms with Crippen molar-refractivity contribution in [3.8, 4) is 11.5 Å². The Bertz CT molecular complexity index is 551. The molecule has 2 N–H and O–H groups in total. The summed E-state index contributed by atoms with van der Waals surface area (Å²) < 4.78 is 10.7. The lowest BCUT2D eigenvalue weighted by Gasteiger charge is -2.30. The van der Waals surface area contributed by atoms with Crippen molar-refractivity contribution in [3.63, 3.8) is 0 Å². The maximum absolute atomic E-state index is 6.22. The molecule has 0 amide bonds. The van der Waals surface area contributed by atoms with E-state index in [1.54, 1.807) is 0 Å². The van der Waals surface area contributed by atoms with Crippen LogP contribution in [0.3, 0.4) is 0 Å². The molecule has 2 aliphatic heterocycles. The molecule has 1 atom stereocenters. The van der Waals surface area contributed by atoms with Crippen molar-refractivity contribution in [2.24, 2.45) is 10.7 Å². The number of aliphatic imine (C=N–C) groups is 1. The first kappa shape index (κ1) is 15.3. The van der Waals surface area contributed by atoms with Gasteiger partial charge in [-0.2, -0.15) is 0 Å². The largest absolute Gasteiger partial charge is 0.454 e. The van der Waals surface area contributed by atoms with Crippen LogP contribution in [0.1, 0.15) is 25.5 Å². The minimum absolute atomic E-state index is 0. The van der Waals surface area contributed by atoms with Crippen molar-refractivity contribution in [1.82, 2.24) is 4.90 Å². The standard InChI is InChI=1S/C13H16ClN3O2.BrH/c1-7(2)17-10(5-16-13(17)15)8-3-9(14)12-11(4-8)18-6-19-12;/h3-4,7,10H,5-6H2,1-2H3,(H2,15,16);1H. The highest BCUT2D eigenvalue weighted by Gasteiger charge is 2.31. The molecule has 1 unspecified atom stereocenters. The summed E-state index contributed by atoms with van der Waals surface area (Å²) in [4.78, 5) is 6.42. The van der Waals surface area contributed by atoms with E-state index < -0.39 is 0 Å².